The van der Waals surface area contributed by atoms with Crippen LogP contribution in [-0.2, 0) is 11.2 Å². The molecule has 2 N–H and O–H groups in total. The maximum absolute atomic E-state index is 13.3. The summed E-state index contributed by atoms with van der Waals surface area (Å²) in [7, 11) is 0. The maximum atomic E-state index is 13.3. The van der Waals surface area contributed by atoms with E-state index in [2.05, 4.69) is 5.32 Å². The zero-order chi connectivity index (χ0) is 13.8. The van der Waals surface area contributed by atoms with E-state index in [4.69, 9.17) is 0 Å². The highest BCUT2D eigenvalue weighted by Crippen LogP contribution is 2.24. The first-order valence-electron chi connectivity index (χ1n) is 6.45. The van der Waals surface area contributed by atoms with Crippen molar-refractivity contribution in [3.63, 3.8) is 0 Å². The molecule has 0 radical (unpaired) electrons. The van der Waals surface area contributed by atoms with Crippen molar-refractivity contribution in [2.45, 2.75) is 31.8 Å². The fourth-order valence-electron chi connectivity index (χ4n) is 2.41. The second kappa shape index (κ2) is 6.10. The molecule has 1 aliphatic rings. The molecule has 0 heterocycles. The lowest BCUT2D eigenvalue weighted by Gasteiger charge is -2.15. The summed E-state index contributed by atoms with van der Waals surface area (Å²) >= 11 is 0. The quantitative estimate of drug-likeness (QED) is 0.875. The van der Waals surface area contributed by atoms with Crippen molar-refractivity contribution in [1.82, 2.24) is 5.32 Å². The zero-order valence-corrected chi connectivity index (χ0v) is 10.5. The predicted molar refractivity (Wildman–Crippen MR) is 66.4 cm³/mol. The first-order valence-corrected chi connectivity index (χ1v) is 6.45. The summed E-state index contributed by atoms with van der Waals surface area (Å²) in [5.74, 6) is -1.43. The molecule has 0 aliphatic heterocycles. The Morgan fingerprint density at radius 2 is 2.16 bits per heavy atom. The Bertz CT molecular complexity index is 465. The SMILES string of the molecule is O=C(Cc1cc(F)ccc1F)NCC1CCCC1O. The lowest BCUT2D eigenvalue weighted by Crippen LogP contribution is -2.33. The van der Waals surface area contributed by atoms with Gasteiger partial charge in [-0.2, -0.15) is 0 Å². The van der Waals surface area contributed by atoms with E-state index < -0.39 is 11.6 Å². The summed E-state index contributed by atoms with van der Waals surface area (Å²) in [6.07, 6.45) is 2.05. The number of aliphatic hydroxyl groups excluding tert-OH is 1. The topological polar surface area (TPSA) is 49.3 Å². The summed E-state index contributed by atoms with van der Waals surface area (Å²) in [6.45, 7) is 0.386. The van der Waals surface area contributed by atoms with Gasteiger partial charge in [-0.25, -0.2) is 8.78 Å². The molecule has 0 aromatic heterocycles. The molecule has 1 amide bonds. The summed E-state index contributed by atoms with van der Waals surface area (Å²) in [5, 5.41) is 12.3. The standard InChI is InChI=1S/C14H17F2NO2/c15-11-4-5-12(16)10(6-11)7-14(19)17-8-9-2-1-3-13(9)18/h4-6,9,13,18H,1-3,7-8H2,(H,17,19). The molecular weight excluding hydrogens is 252 g/mol. The van der Waals surface area contributed by atoms with Crippen LogP contribution in [0.5, 0.6) is 0 Å². The van der Waals surface area contributed by atoms with Crippen LogP contribution in [0.1, 0.15) is 24.8 Å². The molecule has 1 aromatic carbocycles. The normalized spacial score (nSPS) is 22.5. The number of benzene rings is 1. The highest BCUT2D eigenvalue weighted by atomic mass is 19.1. The van der Waals surface area contributed by atoms with Crippen LogP contribution in [0, 0.1) is 17.6 Å². The second-order valence-corrected chi connectivity index (χ2v) is 4.97. The van der Waals surface area contributed by atoms with Gasteiger partial charge in [-0.15, -0.1) is 0 Å². The molecule has 0 saturated heterocycles. The monoisotopic (exact) mass is 269 g/mol. The van der Waals surface area contributed by atoms with Crippen LogP contribution in [0.2, 0.25) is 0 Å². The molecule has 2 atom stereocenters. The lowest BCUT2D eigenvalue weighted by atomic mass is 10.1. The lowest BCUT2D eigenvalue weighted by molar-refractivity contribution is -0.120. The van der Waals surface area contributed by atoms with Crippen molar-refractivity contribution in [3.05, 3.63) is 35.4 Å². The molecule has 1 fully saturated rings. The van der Waals surface area contributed by atoms with Crippen LogP contribution in [0.15, 0.2) is 18.2 Å². The van der Waals surface area contributed by atoms with Crippen LogP contribution in [0.3, 0.4) is 0 Å². The zero-order valence-electron chi connectivity index (χ0n) is 10.5. The molecule has 19 heavy (non-hydrogen) atoms. The number of rotatable bonds is 4. The Kier molecular flexibility index (Phi) is 4.47. The van der Waals surface area contributed by atoms with Gasteiger partial charge in [0.2, 0.25) is 5.91 Å². The van der Waals surface area contributed by atoms with Gasteiger partial charge < -0.3 is 10.4 Å². The number of nitrogens with one attached hydrogen (secondary N) is 1. The Hall–Kier alpha value is -1.49. The smallest absolute Gasteiger partial charge is 0.224 e. The van der Waals surface area contributed by atoms with Crippen molar-refractivity contribution in [2.75, 3.05) is 6.54 Å². The Morgan fingerprint density at radius 3 is 2.84 bits per heavy atom. The van der Waals surface area contributed by atoms with E-state index in [1.54, 1.807) is 0 Å². The van der Waals surface area contributed by atoms with Gasteiger partial charge in [0.15, 0.2) is 0 Å². The third kappa shape index (κ3) is 3.73. The number of hydrogen-bond donors (Lipinski definition) is 2. The minimum absolute atomic E-state index is 0.0458. The minimum Gasteiger partial charge on any atom is -0.393 e. The van der Waals surface area contributed by atoms with Gasteiger partial charge in [0.25, 0.3) is 0 Å². The van der Waals surface area contributed by atoms with Gasteiger partial charge in [-0.05, 0) is 31.0 Å². The number of hydrogen-bond acceptors (Lipinski definition) is 2. The molecule has 1 aliphatic carbocycles. The highest BCUT2D eigenvalue weighted by Gasteiger charge is 2.25. The molecule has 104 valence electrons. The van der Waals surface area contributed by atoms with Gasteiger partial charge in [0.05, 0.1) is 12.5 Å². The minimum atomic E-state index is -0.586. The van der Waals surface area contributed by atoms with Crippen LogP contribution >= 0.6 is 0 Å². The number of carbonyl (C=O) groups is 1. The molecule has 3 nitrogen and oxygen atoms in total. The van der Waals surface area contributed by atoms with Crippen LogP contribution in [-0.4, -0.2) is 23.7 Å². The van der Waals surface area contributed by atoms with Crippen molar-refractivity contribution in [3.8, 4) is 0 Å². The van der Waals surface area contributed by atoms with Crippen molar-refractivity contribution in [1.29, 1.82) is 0 Å². The number of aliphatic hydroxyl groups is 1. The van der Waals surface area contributed by atoms with Crippen LogP contribution < -0.4 is 5.32 Å². The molecule has 5 heteroatoms. The van der Waals surface area contributed by atoms with Gasteiger partial charge in [0, 0.05) is 18.0 Å². The van der Waals surface area contributed by atoms with E-state index in [1.807, 2.05) is 0 Å². The van der Waals surface area contributed by atoms with Crippen molar-refractivity contribution < 1.29 is 18.7 Å². The molecular formula is C14H17F2NO2. The average Bonchev–Trinajstić information content (AvgIpc) is 2.77. The van der Waals surface area contributed by atoms with Crippen molar-refractivity contribution in [2.24, 2.45) is 5.92 Å². The van der Waals surface area contributed by atoms with Gasteiger partial charge >= 0.3 is 0 Å². The summed E-state index contributed by atoms with van der Waals surface area (Å²) in [5.41, 5.74) is 0.0458. The highest BCUT2D eigenvalue weighted by molar-refractivity contribution is 5.78. The second-order valence-electron chi connectivity index (χ2n) is 4.97. The summed E-state index contributed by atoms with van der Waals surface area (Å²) in [4.78, 5) is 11.7. The molecule has 1 saturated carbocycles. The molecule has 1 aromatic rings. The van der Waals surface area contributed by atoms with E-state index in [1.165, 1.54) is 0 Å². The largest absolute Gasteiger partial charge is 0.393 e. The fraction of sp³-hybridized carbons (Fsp3) is 0.500. The van der Waals surface area contributed by atoms with Gasteiger partial charge in [0.1, 0.15) is 11.6 Å². The van der Waals surface area contributed by atoms with E-state index in [0.29, 0.717) is 6.54 Å². The summed E-state index contributed by atoms with van der Waals surface area (Å²) < 4.78 is 26.3. The first-order chi connectivity index (χ1) is 9.06. The van der Waals surface area contributed by atoms with Crippen LogP contribution in [0.4, 0.5) is 8.78 Å². The molecule has 2 rings (SSSR count). The van der Waals surface area contributed by atoms with E-state index in [-0.39, 0.29) is 29.9 Å². The Labute approximate surface area is 110 Å². The summed E-state index contributed by atoms with van der Waals surface area (Å²) in [6, 6.07) is 3.06. The van der Waals surface area contributed by atoms with Crippen molar-refractivity contribution >= 4 is 5.91 Å². The third-order valence-electron chi connectivity index (χ3n) is 3.54. The van der Waals surface area contributed by atoms with Gasteiger partial charge in [-0.3, -0.25) is 4.79 Å². The first kappa shape index (κ1) is 13.9. The molecule has 0 spiro atoms. The Balaban J connectivity index is 1.85. The van der Waals surface area contributed by atoms with E-state index >= 15 is 0 Å². The number of halogens is 2. The number of amides is 1. The maximum Gasteiger partial charge on any atom is 0.224 e. The van der Waals surface area contributed by atoms with E-state index in [0.717, 1.165) is 37.5 Å². The predicted octanol–water partition coefficient (Wildman–Crippen LogP) is 1.78. The molecule has 2 unspecified atom stereocenters. The molecule has 0 bridgehead atoms. The third-order valence-corrected chi connectivity index (χ3v) is 3.54. The Morgan fingerprint density at radius 1 is 1.37 bits per heavy atom. The average molecular weight is 269 g/mol. The van der Waals surface area contributed by atoms with E-state index in [9.17, 15) is 18.7 Å². The fourth-order valence-corrected chi connectivity index (χ4v) is 2.41. The number of carbonyl (C=O) groups excluding carboxylic acids is 1. The van der Waals surface area contributed by atoms with Gasteiger partial charge in [-0.1, -0.05) is 6.42 Å². The van der Waals surface area contributed by atoms with Crippen LogP contribution in [0.25, 0.3) is 0 Å².